The van der Waals surface area contributed by atoms with Gasteiger partial charge in [0, 0.05) is 30.5 Å². The van der Waals surface area contributed by atoms with E-state index in [9.17, 15) is 8.78 Å². The van der Waals surface area contributed by atoms with Crippen LogP contribution >= 0.6 is 0 Å². The summed E-state index contributed by atoms with van der Waals surface area (Å²) >= 11 is 0. The lowest BCUT2D eigenvalue weighted by Gasteiger charge is -2.16. The van der Waals surface area contributed by atoms with E-state index in [-0.39, 0.29) is 17.7 Å². The maximum atomic E-state index is 13.8. The van der Waals surface area contributed by atoms with Crippen LogP contribution in [0, 0.1) is 18.6 Å². The highest BCUT2D eigenvalue weighted by Crippen LogP contribution is 2.20. The summed E-state index contributed by atoms with van der Waals surface area (Å²) in [5, 5.41) is 3.21. The number of aromatic nitrogens is 2. The van der Waals surface area contributed by atoms with Crippen LogP contribution in [0.5, 0.6) is 0 Å². The van der Waals surface area contributed by atoms with Gasteiger partial charge in [-0.05, 0) is 44.5 Å². The number of halogens is 2. The molecular weight excluding hydrogens is 260 g/mol. The second kappa shape index (κ2) is 6.61. The molecule has 1 N–H and O–H groups in total. The summed E-state index contributed by atoms with van der Waals surface area (Å²) in [6, 6.07) is 2.31. The van der Waals surface area contributed by atoms with Crippen molar-refractivity contribution >= 4 is 0 Å². The van der Waals surface area contributed by atoms with Gasteiger partial charge >= 0.3 is 0 Å². The van der Waals surface area contributed by atoms with Crippen molar-refractivity contribution in [3.05, 3.63) is 53.6 Å². The third-order valence-electron chi connectivity index (χ3n) is 3.35. The standard InChI is InChI=1S/C15H19F2N3/c1-11-8-15(17)13(9-14(11)16)12(2)19-4-3-6-20-7-5-18-10-20/h5,7-10,12,19H,3-4,6H2,1-2H3. The van der Waals surface area contributed by atoms with E-state index in [0.717, 1.165) is 19.5 Å². The van der Waals surface area contributed by atoms with Crippen molar-refractivity contribution in [2.24, 2.45) is 0 Å². The summed E-state index contributed by atoms with van der Waals surface area (Å²) in [6.07, 6.45) is 6.30. The first-order valence-electron chi connectivity index (χ1n) is 6.72. The SMILES string of the molecule is Cc1cc(F)c(C(C)NCCCn2ccnc2)cc1F. The lowest BCUT2D eigenvalue weighted by Crippen LogP contribution is -2.22. The highest BCUT2D eigenvalue weighted by atomic mass is 19.1. The number of nitrogens with one attached hydrogen (secondary N) is 1. The number of nitrogens with zero attached hydrogens (tertiary/aromatic N) is 2. The third-order valence-corrected chi connectivity index (χ3v) is 3.35. The first kappa shape index (κ1) is 14.7. The lowest BCUT2D eigenvalue weighted by atomic mass is 10.0. The fourth-order valence-corrected chi connectivity index (χ4v) is 2.10. The molecule has 20 heavy (non-hydrogen) atoms. The van der Waals surface area contributed by atoms with Gasteiger partial charge in [0.1, 0.15) is 11.6 Å². The van der Waals surface area contributed by atoms with E-state index in [1.807, 2.05) is 17.7 Å². The minimum Gasteiger partial charge on any atom is -0.337 e. The van der Waals surface area contributed by atoms with Crippen molar-refractivity contribution < 1.29 is 8.78 Å². The molecule has 1 unspecified atom stereocenters. The van der Waals surface area contributed by atoms with Crippen molar-refractivity contribution in [1.82, 2.24) is 14.9 Å². The van der Waals surface area contributed by atoms with Gasteiger partial charge in [-0.1, -0.05) is 0 Å². The van der Waals surface area contributed by atoms with Gasteiger partial charge < -0.3 is 9.88 Å². The Morgan fingerprint density at radius 2 is 2.10 bits per heavy atom. The van der Waals surface area contributed by atoms with Crippen molar-refractivity contribution in [3.63, 3.8) is 0 Å². The Kier molecular flexibility index (Phi) is 4.84. The molecular formula is C15H19F2N3. The van der Waals surface area contributed by atoms with Crippen LogP contribution in [-0.4, -0.2) is 16.1 Å². The van der Waals surface area contributed by atoms with Crippen molar-refractivity contribution in [3.8, 4) is 0 Å². The average Bonchev–Trinajstić information content (AvgIpc) is 2.92. The molecule has 0 bridgehead atoms. The highest BCUT2D eigenvalue weighted by molar-refractivity contribution is 5.27. The molecule has 0 aliphatic rings. The molecule has 1 aromatic heterocycles. The molecule has 1 heterocycles. The number of hydrogen-bond acceptors (Lipinski definition) is 2. The molecule has 0 radical (unpaired) electrons. The molecule has 1 atom stereocenters. The topological polar surface area (TPSA) is 29.9 Å². The molecule has 2 aromatic rings. The lowest BCUT2D eigenvalue weighted by molar-refractivity contribution is 0.497. The summed E-state index contributed by atoms with van der Waals surface area (Å²) < 4.78 is 29.3. The Hall–Kier alpha value is -1.75. The van der Waals surface area contributed by atoms with Crippen molar-refractivity contribution in [2.75, 3.05) is 6.54 Å². The normalized spacial score (nSPS) is 12.6. The van der Waals surface area contributed by atoms with Crippen LogP contribution in [0.3, 0.4) is 0 Å². The van der Waals surface area contributed by atoms with Crippen LogP contribution in [-0.2, 0) is 6.54 Å². The predicted octanol–water partition coefficient (Wildman–Crippen LogP) is 3.21. The van der Waals surface area contributed by atoms with Gasteiger partial charge in [0.05, 0.1) is 6.33 Å². The quantitative estimate of drug-likeness (QED) is 0.823. The first-order chi connectivity index (χ1) is 9.58. The molecule has 0 aliphatic carbocycles. The van der Waals surface area contributed by atoms with Gasteiger partial charge in [0.2, 0.25) is 0 Å². The smallest absolute Gasteiger partial charge is 0.128 e. The Bertz CT molecular complexity index is 552. The zero-order valence-corrected chi connectivity index (χ0v) is 11.7. The molecule has 5 heteroatoms. The van der Waals surface area contributed by atoms with Gasteiger partial charge in [-0.15, -0.1) is 0 Å². The fraction of sp³-hybridized carbons (Fsp3) is 0.400. The summed E-state index contributed by atoms with van der Waals surface area (Å²) in [5.74, 6) is -0.730. The van der Waals surface area contributed by atoms with Crippen LogP contribution in [0.25, 0.3) is 0 Å². The van der Waals surface area contributed by atoms with Crippen molar-refractivity contribution in [2.45, 2.75) is 32.9 Å². The Balaban J connectivity index is 1.85. The first-order valence-corrected chi connectivity index (χ1v) is 6.72. The van der Waals surface area contributed by atoms with E-state index in [2.05, 4.69) is 10.3 Å². The molecule has 108 valence electrons. The molecule has 2 rings (SSSR count). The molecule has 0 saturated heterocycles. The number of benzene rings is 1. The van der Waals surface area contributed by atoms with Crippen LogP contribution in [0.4, 0.5) is 8.78 Å². The van der Waals surface area contributed by atoms with E-state index < -0.39 is 0 Å². The van der Waals surface area contributed by atoms with E-state index >= 15 is 0 Å². The number of aryl methyl sites for hydroxylation is 2. The maximum absolute atomic E-state index is 13.8. The molecule has 0 aliphatic heterocycles. The number of imidazole rings is 1. The van der Waals surface area contributed by atoms with E-state index in [4.69, 9.17) is 0 Å². The van der Waals surface area contributed by atoms with E-state index in [1.54, 1.807) is 19.4 Å². The van der Waals surface area contributed by atoms with Gasteiger partial charge in [-0.3, -0.25) is 0 Å². The summed E-state index contributed by atoms with van der Waals surface area (Å²) in [6.45, 7) is 4.98. The maximum Gasteiger partial charge on any atom is 0.128 e. The van der Waals surface area contributed by atoms with Crippen LogP contribution in [0.15, 0.2) is 30.9 Å². The second-order valence-corrected chi connectivity index (χ2v) is 4.95. The Labute approximate surface area is 117 Å². The summed E-state index contributed by atoms with van der Waals surface area (Å²) in [4.78, 5) is 3.96. The van der Waals surface area contributed by atoms with E-state index in [0.29, 0.717) is 11.1 Å². The van der Waals surface area contributed by atoms with Crippen LogP contribution < -0.4 is 5.32 Å². The minimum absolute atomic E-state index is 0.215. The number of hydrogen-bond donors (Lipinski definition) is 1. The van der Waals surface area contributed by atoms with E-state index in [1.165, 1.54) is 12.1 Å². The third kappa shape index (κ3) is 3.63. The minimum atomic E-state index is -0.367. The molecule has 1 aromatic carbocycles. The van der Waals surface area contributed by atoms with Crippen LogP contribution in [0.2, 0.25) is 0 Å². The van der Waals surface area contributed by atoms with Gasteiger partial charge in [0.15, 0.2) is 0 Å². The average molecular weight is 279 g/mol. The largest absolute Gasteiger partial charge is 0.337 e. The van der Waals surface area contributed by atoms with Crippen molar-refractivity contribution in [1.29, 1.82) is 0 Å². The van der Waals surface area contributed by atoms with Gasteiger partial charge in [-0.2, -0.15) is 0 Å². The monoisotopic (exact) mass is 279 g/mol. The zero-order valence-electron chi connectivity index (χ0n) is 11.7. The molecule has 0 saturated carbocycles. The van der Waals surface area contributed by atoms with Crippen LogP contribution in [0.1, 0.15) is 30.5 Å². The molecule has 0 fully saturated rings. The predicted molar refractivity (Wildman–Crippen MR) is 74.4 cm³/mol. The van der Waals surface area contributed by atoms with Gasteiger partial charge in [-0.25, -0.2) is 13.8 Å². The highest BCUT2D eigenvalue weighted by Gasteiger charge is 2.13. The zero-order chi connectivity index (χ0) is 14.5. The Morgan fingerprint density at radius 1 is 1.30 bits per heavy atom. The Morgan fingerprint density at radius 3 is 2.80 bits per heavy atom. The summed E-state index contributed by atoms with van der Waals surface area (Å²) in [7, 11) is 0. The fourth-order valence-electron chi connectivity index (χ4n) is 2.10. The summed E-state index contributed by atoms with van der Waals surface area (Å²) in [5.41, 5.74) is 0.703. The number of rotatable bonds is 6. The van der Waals surface area contributed by atoms with Gasteiger partial charge in [0.25, 0.3) is 0 Å². The molecule has 0 amide bonds. The molecule has 3 nitrogen and oxygen atoms in total. The molecule has 0 spiro atoms. The second-order valence-electron chi connectivity index (χ2n) is 4.95.